The lowest BCUT2D eigenvalue weighted by Gasteiger charge is -2.22. The second-order valence-electron chi connectivity index (χ2n) is 6.99. The smallest absolute Gasteiger partial charge is 0.220 e. The minimum absolute atomic E-state index is 0.229. The second kappa shape index (κ2) is 7.49. The van der Waals surface area contributed by atoms with Crippen molar-refractivity contribution >= 4 is 16.9 Å². The standard InChI is InChI=1S/C19H30OS/c1-11(2)15-9-16(12(3)4)18(17(10-15)13(5)6)19(20)21-14(7)8/h9-14H,1-8H3. The first-order valence-electron chi connectivity index (χ1n) is 8.03. The molecule has 0 aliphatic heterocycles. The molecule has 0 unspecified atom stereocenters. The third-order valence-electron chi connectivity index (χ3n) is 3.68. The zero-order chi connectivity index (χ0) is 16.3. The minimum Gasteiger partial charge on any atom is -0.282 e. The number of carbonyl (C=O) groups is 1. The molecule has 0 heterocycles. The number of thioether (sulfide) groups is 1. The van der Waals surface area contributed by atoms with E-state index in [2.05, 4.69) is 67.5 Å². The van der Waals surface area contributed by atoms with Crippen LogP contribution >= 0.6 is 11.8 Å². The van der Waals surface area contributed by atoms with E-state index in [4.69, 9.17) is 0 Å². The van der Waals surface area contributed by atoms with Crippen LogP contribution in [0.3, 0.4) is 0 Å². The zero-order valence-corrected chi connectivity index (χ0v) is 15.6. The molecule has 1 nitrogen and oxygen atoms in total. The van der Waals surface area contributed by atoms with Crippen molar-refractivity contribution in [3.63, 3.8) is 0 Å². The van der Waals surface area contributed by atoms with Gasteiger partial charge in [0.25, 0.3) is 0 Å². The van der Waals surface area contributed by atoms with Gasteiger partial charge in [0.15, 0.2) is 0 Å². The Labute approximate surface area is 134 Å². The average Bonchev–Trinajstić information content (AvgIpc) is 2.35. The van der Waals surface area contributed by atoms with Crippen LogP contribution in [-0.2, 0) is 0 Å². The van der Waals surface area contributed by atoms with E-state index in [0.29, 0.717) is 23.0 Å². The monoisotopic (exact) mass is 306 g/mol. The third-order valence-corrected chi connectivity index (χ3v) is 4.57. The van der Waals surface area contributed by atoms with Crippen LogP contribution < -0.4 is 0 Å². The van der Waals surface area contributed by atoms with Gasteiger partial charge in [-0.05, 0) is 34.4 Å². The molecule has 118 valence electrons. The first kappa shape index (κ1) is 18.3. The van der Waals surface area contributed by atoms with Gasteiger partial charge in [-0.3, -0.25) is 4.79 Å². The van der Waals surface area contributed by atoms with Crippen LogP contribution in [-0.4, -0.2) is 10.4 Å². The maximum atomic E-state index is 12.7. The Morgan fingerprint density at radius 2 is 1.24 bits per heavy atom. The molecule has 0 amide bonds. The number of hydrogen-bond acceptors (Lipinski definition) is 2. The van der Waals surface area contributed by atoms with Gasteiger partial charge in [-0.2, -0.15) is 0 Å². The molecule has 0 saturated heterocycles. The molecule has 0 bridgehead atoms. The summed E-state index contributed by atoms with van der Waals surface area (Å²) in [6.45, 7) is 17.3. The molecule has 0 radical (unpaired) electrons. The van der Waals surface area contributed by atoms with E-state index in [1.54, 1.807) is 0 Å². The topological polar surface area (TPSA) is 17.1 Å². The van der Waals surface area contributed by atoms with Crippen molar-refractivity contribution in [3.05, 3.63) is 34.4 Å². The largest absolute Gasteiger partial charge is 0.282 e. The summed E-state index contributed by atoms with van der Waals surface area (Å²) in [7, 11) is 0. The van der Waals surface area contributed by atoms with Crippen molar-refractivity contribution in [2.45, 2.75) is 78.4 Å². The number of benzene rings is 1. The van der Waals surface area contributed by atoms with E-state index >= 15 is 0 Å². The quantitative estimate of drug-likeness (QED) is 0.631. The third kappa shape index (κ3) is 4.60. The summed E-state index contributed by atoms with van der Waals surface area (Å²) in [6.07, 6.45) is 0. The van der Waals surface area contributed by atoms with E-state index in [0.717, 1.165) is 5.56 Å². The summed E-state index contributed by atoms with van der Waals surface area (Å²) in [5, 5.41) is 0.551. The predicted octanol–water partition coefficient (Wildman–Crippen LogP) is 6.34. The molecule has 2 heteroatoms. The molecule has 0 atom stereocenters. The van der Waals surface area contributed by atoms with Gasteiger partial charge in [-0.1, -0.05) is 79.3 Å². The lowest BCUT2D eigenvalue weighted by atomic mass is 9.85. The lowest BCUT2D eigenvalue weighted by molar-refractivity contribution is 0.108. The van der Waals surface area contributed by atoms with Gasteiger partial charge in [0.05, 0.1) is 0 Å². The summed E-state index contributed by atoms with van der Waals surface area (Å²) >= 11 is 1.45. The summed E-state index contributed by atoms with van der Waals surface area (Å²) in [5.41, 5.74) is 4.72. The van der Waals surface area contributed by atoms with Gasteiger partial charge in [-0.25, -0.2) is 0 Å². The minimum atomic E-state index is 0.229. The summed E-state index contributed by atoms with van der Waals surface area (Å²) in [5.74, 6) is 1.22. The Kier molecular flexibility index (Phi) is 6.52. The molecule has 0 aliphatic carbocycles. The molecule has 1 aromatic rings. The van der Waals surface area contributed by atoms with Crippen LogP contribution in [0.15, 0.2) is 12.1 Å². The molecular weight excluding hydrogens is 276 g/mol. The summed E-state index contributed by atoms with van der Waals surface area (Å²) < 4.78 is 0. The Hall–Kier alpha value is -0.760. The van der Waals surface area contributed by atoms with Crippen molar-refractivity contribution in [2.24, 2.45) is 0 Å². The predicted molar refractivity (Wildman–Crippen MR) is 95.8 cm³/mol. The van der Waals surface area contributed by atoms with Crippen LogP contribution in [0.2, 0.25) is 0 Å². The van der Waals surface area contributed by atoms with Crippen LogP contribution in [0.25, 0.3) is 0 Å². The van der Waals surface area contributed by atoms with Gasteiger partial charge < -0.3 is 0 Å². The van der Waals surface area contributed by atoms with E-state index in [1.165, 1.54) is 28.5 Å². The van der Waals surface area contributed by atoms with Gasteiger partial charge in [0.1, 0.15) is 0 Å². The maximum Gasteiger partial charge on any atom is 0.220 e. The fraction of sp³-hybridized carbons (Fsp3) is 0.632. The highest BCUT2D eigenvalue weighted by Crippen LogP contribution is 2.35. The molecule has 21 heavy (non-hydrogen) atoms. The molecule has 0 fully saturated rings. The maximum absolute atomic E-state index is 12.7. The van der Waals surface area contributed by atoms with Crippen molar-refractivity contribution in [1.82, 2.24) is 0 Å². The van der Waals surface area contributed by atoms with Crippen LogP contribution in [0.4, 0.5) is 0 Å². The van der Waals surface area contributed by atoms with E-state index in [-0.39, 0.29) is 5.12 Å². The fourth-order valence-corrected chi connectivity index (χ4v) is 3.25. The van der Waals surface area contributed by atoms with Crippen molar-refractivity contribution in [2.75, 3.05) is 0 Å². The van der Waals surface area contributed by atoms with Crippen LogP contribution in [0.5, 0.6) is 0 Å². The highest BCUT2D eigenvalue weighted by Gasteiger charge is 2.22. The first-order chi connectivity index (χ1) is 9.65. The van der Waals surface area contributed by atoms with Gasteiger partial charge in [0.2, 0.25) is 5.12 Å². The summed E-state index contributed by atoms with van der Waals surface area (Å²) in [4.78, 5) is 12.7. The average molecular weight is 307 g/mol. The van der Waals surface area contributed by atoms with Crippen LogP contribution in [0, 0.1) is 0 Å². The SMILES string of the molecule is CC(C)SC(=O)c1c(C(C)C)cc(C(C)C)cc1C(C)C. The number of carbonyl (C=O) groups excluding carboxylic acids is 1. The van der Waals surface area contributed by atoms with E-state index < -0.39 is 0 Å². The van der Waals surface area contributed by atoms with E-state index in [9.17, 15) is 4.79 Å². The van der Waals surface area contributed by atoms with Crippen molar-refractivity contribution < 1.29 is 4.79 Å². The molecule has 0 spiro atoms. The zero-order valence-electron chi connectivity index (χ0n) is 14.8. The Balaban J connectivity index is 3.53. The molecule has 0 aromatic heterocycles. The number of rotatable bonds is 5. The van der Waals surface area contributed by atoms with Crippen molar-refractivity contribution in [1.29, 1.82) is 0 Å². The Morgan fingerprint density at radius 3 is 1.52 bits per heavy atom. The number of hydrogen-bond donors (Lipinski definition) is 0. The van der Waals surface area contributed by atoms with Crippen molar-refractivity contribution in [3.8, 4) is 0 Å². The lowest BCUT2D eigenvalue weighted by Crippen LogP contribution is -2.11. The first-order valence-corrected chi connectivity index (χ1v) is 8.91. The Bertz CT molecular complexity index is 469. The highest BCUT2D eigenvalue weighted by molar-refractivity contribution is 8.14. The second-order valence-corrected chi connectivity index (χ2v) is 8.54. The van der Waals surface area contributed by atoms with Gasteiger partial charge in [0, 0.05) is 10.8 Å². The summed E-state index contributed by atoms with van der Waals surface area (Å²) in [6, 6.07) is 4.49. The van der Waals surface area contributed by atoms with Gasteiger partial charge in [-0.15, -0.1) is 0 Å². The highest BCUT2D eigenvalue weighted by atomic mass is 32.2. The normalized spacial score (nSPS) is 12.0. The molecule has 0 aliphatic rings. The fourth-order valence-electron chi connectivity index (χ4n) is 2.46. The molecule has 1 rings (SSSR count). The van der Waals surface area contributed by atoms with E-state index in [1.807, 2.05) is 0 Å². The molecular formula is C19H30OS. The molecule has 1 aromatic carbocycles. The Morgan fingerprint density at radius 1 is 0.810 bits per heavy atom. The molecule has 0 N–H and O–H groups in total. The molecule has 0 saturated carbocycles. The van der Waals surface area contributed by atoms with Crippen LogP contribution in [0.1, 0.15) is 100 Å². The van der Waals surface area contributed by atoms with Gasteiger partial charge >= 0.3 is 0 Å².